The first-order valence-electron chi connectivity index (χ1n) is 9.15. The summed E-state index contributed by atoms with van der Waals surface area (Å²) < 4.78 is 0. The lowest BCUT2D eigenvalue weighted by atomic mass is 10.1. The average molecular weight is 329 g/mol. The van der Waals surface area contributed by atoms with Crippen LogP contribution in [0, 0.1) is 0 Å². The molecule has 2 aliphatic rings. The Morgan fingerprint density at radius 2 is 1.79 bits per heavy atom. The molecule has 2 heterocycles. The summed E-state index contributed by atoms with van der Waals surface area (Å²) in [5, 5.41) is 3.23. The van der Waals surface area contributed by atoms with Gasteiger partial charge in [0.05, 0.1) is 6.42 Å². The van der Waals surface area contributed by atoms with Gasteiger partial charge in [0.25, 0.3) is 5.91 Å². The quantitative estimate of drug-likeness (QED) is 0.815. The summed E-state index contributed by atoms with van der Waals surface area (Å²) in [4.78, 5) is 28.2. The number of nitrogens with zero attached hydrogens (tertiary/aromatic N) is 2. The fraction of sp³-hybridized carbons (Fsp3) is 0.579. The van der Waals surface area contributed by atoms with Gasteiger partial charge in [-0.05, 0) is 49.9 Å². The molecule has 2 aliphatic heterocycles. The van der Waals surface area contributed by atoms with Gasteiger partial charge in [0.2, 0.25) is 5.91 Å². The molecule has 2 saturated heterocycles. The zero-order valence-electron chi connectivity index (χ0n) is 14.5. The fourth-order valence-electron chi connectivity index (χ4n) is 3.47. The number of carbonyl (C=O) groups is 2. The molecule has 1 atom stereocenters. The monoisotopic (exact) mass is 329 g/mol. The van der Waals surface area contributed by atoms with E-state index in [1.807, 2.05) is 12.1 Å². The molecule has 1 N–H and O–H groups in total. The first-order valence-corrected chi connectivity index (χ1v) is 9.15. The zero-order chi connectivity index (χ0) is 16.9. The standard InChI is InChI=1S/C19H27N3O2/c1-2-3-13-22-18(23)14-17(19(22)24)20-15-7-9-16(10-8-15)21-11-5-4-6-12-21/h7-10,17,20H,2-6,11-14H2,1H3/t17-/m0/s1. The minimum absolute atomic E-state index is 0.0594. The maximum Gasteiger partial charge on any atom is 0.252 e. The van der Waals surface area contributed by atoms with E-state index in [2.05, 4.69) is 29.3 Å². The van der Waals surface area contributed by atoms with Crippen molar-refractivity contribution in [2.24, 2.45) is 0 Å². The number of carbonyl (C=O) groups excluding carboxylic acids is 2. The van der Waals surface area contributed by atoms with Gasteiger partial charge in [-0.1, -0.05) is 13.3 Å². The van der Waals surface area contributed by atoms with Crippen molar-refractivity contribution in [3.05, 3.63) is 24.3 Å². The Kier molecular flexibility index (Phi) is 5.38. The van der Waals surface area contributed by atoms with Crippen molar-refractivity contribution in [2.45, 2.75) is 51.5 Å². The van der Waals surface area contributed by atoms with Gasteiger partial charge in [0.1, 0.15) is 6.04 Å². The second-order valence-electron chi connectivity index (χ2n) is 6.73. The molecule has 5 heteroatoms. The molecule has 5 nitrogen and oxygen atoms in total. The molecule has 0 bridgehead atoms. The normalized spacial score (nSPS) is 21.5. The smallest absolute Gasteiger partial charge is 0.252 e. The first-order chi connectivity index (χ1) is 11.7. The molecule has 2 amide bonds. The van der Waals surface area contributed by atoms with E-state index in [0.29, 0.717) is 6.54 Å². The summed E-state index contributed by atoms with van der Waals surface area (Å²) in [5.41, 5.74) is 2.14. The van der Waals surface area contributed by atoms with E-state index >= 15 is 0 Å². The molecular formula is C19H27N3O2. The van der Waals surface area contributed by atoms with Crippen molar-refractivity contribution in [3.8, 4) is 0 Å². The van der Waals surface area contributed by atoms with Crippen molar-refractivity contribution in [1.29, 1.82) is 0 Å². The zero-order valence-corrected chi connectivity index (χ0v) is 14.5. The van der Waals surface area contributed by atoms with Crippen LogP contribution in [-0.2, 0) is 9.59 Å². The lowest BCUT2D eigenvalue weighted by molar-refractivity contribution is -0.138. The fourth-order valence-corrected chi connectivity index (χ4v) is 3.47. The van der Waals surface area contributed by atoms with Gasteiger partial charge < -0.3 is 10.2 Å². The van der Waals surface area contributed by atoms with Crippen molar-refractivity contribution in [3.63, 3.8) is 0 Å². The van der Waals surface area contributed by atoms with E-state index in [-0.39, 0.29) is 18.2 Å². The van der Waals surface area contributed by atoms with Gasteiger partial charge in [-0.25, -0.2) is 0 Å². The predicted molar refractivity (Wildman–Crippen MR) is 96.2 cm³/mol. The molecule has 0 spiro atoms. The third-order valence-corrected chi connectivity index (χ3v) is 4.91. The Morgan fingerprint density at radius 1 is 1.08 bits per heavy atom. The second-order valence-corrected chi connectivity index (χ2v) is 6.73. The molecule has 130 valence electrons. The van der Waals surface area contributed by atoms with Crippen LogP contribution in [0.4, 0.5) is 11.4 Å². The van der Waals surface area contributed by atoms with Crippen LogP contribution >= 0.6 is 0 Å². The summed E-state index contributed by atoms with van der Waals surface area (Å²) in [5.74, 6) is -0.149. The number of benzene rings is 1. The van der Waals surface area contributed by atoms with Gasteiger partial charge in [0, 0.05) is 31.0 Å². The molecule has 3 rings (SSSR count). The third kappa shape index (κ3) is 3.71. The Bertz CT molecular complexity index is 579. The van der Waals surface area contributed by atoms with Crippen molar-refractivity contribution < 1.29 is 9.59 Å². The topological polar surface area (TPSA) is 52.7 Å². The van der Waals surface area contributed by atoms with Crippen LogP contribution in [0.1, 0.15) is 45.4 Å². The highest BCUT2D eigenvalue weighted by Gasteiger charge is 2.37. The van der Waals surface area contributed by atoms with Crippen LogP contribution < -0.4 is 10.2 Å². The summed E-state index contributed by atoms with van der Waals surface area (Å²) in [6.07, 6.45) is 5.94. The highest BCUT2D eigenvalue weighted by atomic mass is 16.2. The van der Waals surface area contributed by atoms with Crippen LogP contribution in [0.3, 0.4) is 0 Å². The van der Waals surface area contributed by atoms with Gasteiger partial charge in [-0.3, -0.25) is 14.5 Å². The van der Waals surface area contributed by atoms with E-state index in [0.717, 1.165) is 31.6 Å². The van der Waals surface area contributed by atoms with Crippen LogP contribution in [0.5, 0.6) is 0 Å². The number of piperidine rings is 1. The summed E-state index contributed by atoms with van der Waals surface area (Å²) in [7, 11) is 0. The minimum Gasteiger partial charge on any atom is -0.373 e. The third-order valence-electron chi connectivity index (χ3n) is 4.91. The maximum atomic E-state index is 12.4. The van der Waals surface area contributed by atoms with E-state index in [1.54, 1.807) is 0 Å². The van der Waals surface area contributed by atoms with E-state index in [1.165, 1.54) is 29.8 Å². The van der Waals surface area contributed by atoms with E-state index in [9.17, 15) is 9.59 Å². The number of likely N-dealkylation sites (tertiary alicyclic amines) is 1. The molecule has 0 saturated carbocycles. The van der Waals surface area contributed by atoms with Crippen molar-refractivity contribution in [2.75, 3.05) is 29.9 Å². The van der Waals surface area contributed by atoms with Gasteiger partial charge in [0.15, 0.2) is 0 Å². The SMILES string of the molecule is CCCCN1C(=O)C[C@H](Nc2ccc(N3CCCCC3)cc2)C1=O. The van der Waals surface area contributed by atoms with Crippen LogP contribution in [-0.4, -0.2) is 42.4 Å². The highest BCUT2D eigenvalue weighted by Crippen LogP contribution is 2.24. The lowest BCUT2D eigenvalue weighted by Crippen LogP contribution is -2.35. The van der Waals surface area contributed by atoms with Crippen molar-refractivity contribution in [1.82, 2.24) is 4.90 Å². The Hall–Kier alpha value is -2.04. The average Bonchev–Trinajstić information content (AvgIpc) is 2.88. The number of unbranched alkanes of at least 4 members (excludes halogenated alkanes) is 1. The minimum atomic E-state index is -0.421. The number of anilines is 2. The van der Waals surface area contributed by atoms with Gasteiger partial charge in [-0.15, -0.1) is 0 Å². The lowest BCUT2D eigenvalue weighted by Gasteiger charge is -2.29. The molecule has 1 aromatic rings. The summed E-state index contributed by atoms with van der Waals surface area (Å²) in [6.45, 7) is 4.84. The number of imide groups is 1. The first kappa shape index (κ1) is 16.8. The molecular weight excluding hydrogens is 302 g/mol. The second kappa shape index (κ2) is 7.69. The van der Waals surface area contributed by atoms with Crippen LogP contribution in [0.25, 0.3) is 0 Å². The number of hydrogen-bond acceptors (Lipinski definition) is 4. The number of nitrogens with one attached hydrogen (secondary N) is 1. The number of rotatable bonds is 6. The molecule has 0 unspecified atom stereocenters. The molecule has 1 aromatic carbocycles. The molecule has 2 fully saturated rings. The van der Waals surface area contributed by atoms with Crippen LogP contribution in [0.15, 0.2) is 24.3 Å². The number of amides is 2. The summed E-state index contributed by atoms with van der Waals surface area (Å²) >= 11 is 0. The maximum absolute atomic E-state index is 12.4. The Morgan fingerprint density at radius 3 is 2.46 bits per heavy atom. The molecule has 0 aliphatic carbocycles. The Labute approximate surface area is 144 Å². The number of hydrogen-bond donors (Lipinski definition) is 1. The molecule has 0 aromatic heterocycles. The van der Waals surface area contributed by atoms with Crippen molar-refractivity contribution >= 4 is 23.2 Å². The molecule has 24 heavy (non-hydrogen) atoms. The van der Waals surface area contributed by atoms with Crippen LogP contribution in [0.2, 0.25) is 0 Å². The summed E-state index contributed by atoms with van der Waals surface area (Å²) in [6, 6.07) is 7.80. The van der Waals surface area contributed by atoms with E-state index < -0.39 is 6.04 Å². The largest absolute Gasteiger partial charge is 0.373 e. The van der Waals surface area contributed by atoms with Gasteiger partial charge in [-0.2, -0.15) is 0 Å². The van der Waals surface area contributed by atoms with Gasteiger partial charge >= 0.3 is 0 Å². The highest BCUT2D eigenvalue weighted by molar-refractivity contribution is 6.06. The Balaban J connectivity index is 1.59. The molecule has 0 radical (unpaired) electrons. The predicted octanol–water partition coefficient (Wildman–Crippen LogP) is 3.02. The van der Waals surface area contributed by atoms with E-state index in [4.69, 9.17) is 0 Å².